The molecule has 0 aliphatic carbocycles. The van der Waals surface area contributed by atoms with Gasteiger partial charge in [-0.25, -0.2) is 9.31 Å². The summed E-state index contributed by atoms with van der Waals surface area (Å²) >= 11 is 0. The minimum atomic E-state index is -0.530. The third-order valence-corrected chi connectivity index (χ3v) is 2.91. The predicted octanol–water partition coefficient (Wildman–Crippen LogP) is 2.56. The van der Waals surface area contributed by atoms with Crippen LogP contribution in [0.5, 0.6) is 0 Å². The number of nitrogens with zero attached hydrogens (tertiary/aromatic N) is 2. The Morgan fingerprint density at radius 1 is 1.39 bits per heavy atom. The average molecular weight is 316 g/mol. The molecule has 0 unspecified atom stereocenters. The van der Waals surface area contributed by atoms with Gasteiger partial charge >= 0.3 is 11.9 Å². The molecule has 6 heteroatoms. The highest BCUT2D eigenvalue weighted by Gasteiger charge is 2.18. The zero-order valence-corrected chi connectivity index (χ0v) is 13.5. The predicted molar refractivity (Wildman–Crippen MR) is 85.2 cm³/mol. The van der Waals surface area contributed by atoms with Crippen LogP contribution in [-0.2, 0) is 20.7 Å². The van der Waals surface area contributed by atoms with Crippen molar-refractivity contribution in [2.75, 3.05) is 6.61 Å². The summed E-state index contributed by atoms with van der Waals surface area (Å²) in [5.41, 5.74) is 1.14. The molecule has 0 aromatic carbocycles. The molecule has 0 radical (unpaired) electrons. The number of fused-ring (bicyclic) bond motifs is 1. The van der Waals surface area contributed by atoms with Crippen molar-refractivity contribution >= 4 is 17.5 Å². The Balaban J connectivity index is 2.22. The molecule has 0 spiro atoms. The zero-order valence-electron chi connectivity index (χ0n) is 13.5. The molecule has 0 atom stereocenters. The van der Waals surface area contributed by atoms with Crippen molar-refractivity contribution in [2.24, 2.45) is 0 Å². The first-order chi connectivity index (χ1) is 10.8. The van der Waals surface area contributed by atoms with Gasteiger partial charge in [0.05, 0.1) is 18.1 Å². The first-order valence-electron chi connectivity index (χ1n) is 7.26. The minimum Gasteiger partial charge on any atom is -0.460 e. The van der Waals surface area contributed by atoms with Gasteiger partial charge in [0.15, 0.2) is 0 Å². The summed E-state index contributed by atoms with van der Waals surface area (Å²) in [5, 5.41) is 4.10. The van der Waals surface area contributed by atoms with E-state index < -0.39 is 11.6 Å². The maximum absolute atomic E-state index is 12.0. The second-order valence-electron chi connectivity index (χ2n) is 6.07. The number of hydrogen-bond donors (Lipinski definition) is 0. The van der Waals surface area contributed by atoms with Crippen LogP contribution in [0.15, 0.2) is 37.2 Å². The Kier molecular flexibility index (Phi) is 4.83. The molecule has 2 aromatic heterocycles. The second kappa shape index (κ2) is 6.64. The Morgan fingerprint density at radius 2 is 2.13 bits per heavy atom. The normalized spacial score (nSPS) is 11.3. The smallest absolute Gasteiger partial charge is 0.342 e. The monoisotopic (exact) mass is 316 g/mol. The van der Waals surface area contributed by atoms with Gasteiger partial charge in [-0.1, -0.05) is 12.7 Å². The fraction of sp³-hybridized carbons (Fsp3) is 0.353. The molecule has 0 N–H and O–H groups in total. The number of carbonyl (C=O) groups excluding carboxylic acids is 2. The fourth-order valence-electron chi connectivity index (χ4n) is 2.05. The standard InChI is InChI=1S/C17H20N2O4/c1-5-8-22-16(21)13-11-18-19-7-6-12(9-14(13)19)10-15(20)23-17(2,3)4/h5-7,9,11H,1,8,10H2,2-4H3. The SMILES string of the molecule is C=CCOC(=O)c1cnn2ccc(CC(=O)OC(C)(C)C)cc12. The third kappa shape index (κ3) is 4.42. The molecule has 2 heterocycles. The lowest BCUT2D eigenvalue weighted by Gasteiger charge is -2.19. The first-order valence-corrected chi connectivity index (χ1v) is 7.26. The van der Waals surface area contributed by atoms with Gasteiger partial charge in [-0.2, -0.15) is 5.10 Å². The molecule has 0 aliphatic rings. The van der Waals surface area contributed by atoms with E-state index in [0.717, 1.165) is 5.56 Å². The van der Waals surface area contributed by atoms with Gasteiger partial charge in [0.25, 0.3) is 0 Å². The summed E-state index contributed by atoms with van der Waals surface area (Å²) in [5.74, 6) is -0.800. The van der Waals surface area contributed by atoms with E-state index in [-0.39, 0.29) is 19.0 Å². The van der Waals surface area contributed by atoms with Crippen molar-refractivity contribution in [3.8, 4) is 0 Å². The van der Waals surface area contributed by atoms with E-state index in [9.17, 15) is 9.59 Å². The third-order valence-electron chi connectivity index (χ3n) is 2.91. The molecule has 0 fully saturated rings. The van der Waals surface area contributed by atoms with Gasteiger partial charge in [-0.3, -0.25) is 4.79 Å². The molecular formula is C17H20N2O4. The maximum Gasteiger partial charge on any atom is 0.342 e. The van der Waals surface area contributed by atoms with Crippen LogP contribution < -0.4 is 0 Å². The maximum atomic E-state index is 12.0. The highest BCUT2D eigenvalue weighted by atomic mass is 16.6. The Morgan fingerprint density at radius 3 is 2.78 bits per heavy atom. The lowest BCUT2D eigenvalue weighted by molar-refractivity contribution is -0.153. The highest BCUT2D eigenvalue weighted by molar-refractivity contribution is 5.97. The number of ether oxygens (including phenoxy) is 2. The number of esters is 2. The summed E-state index contributed by atoms with van der Waals surface area (Å²) in [7, 11) is 0. The largest absolute Gasteiger partial charge is 0.460 e. The van der Waals surface area contributed by atoms with E-state index >= 15 is 0 Å². The summed E-state index contributed by atoms with van der Waals surface area (Å²) in [4.78, 5) is 23.9. The van der Waals surface area contributed by atoms with Crippen LogP contribution in [0.3, 0.4) is 0 Å². The number of aromatic nitrogens is 2. The van der Waals surface area contributed by atoms with Crippen molar-refractivity contribution in [1.82, 2.24) is 9.61 Å². The van der Waals surface area contributed by atoms with Crippen LogP contribution in [0.25, 0.3) is 5.52 Å². The lowest BCUT2D eigenvalue weighted by Crippen LogP contribution is -2.24. The van der Waals surface area contributed by atoms with Crippen molar-refractivity contribution in [2.45, 2.75) is 32.8 Å². The molecule has 0 saturated carbocycles. The van der Waals surface area contributed by atoms with Gasteiger partial charge in [0.1, 0.15) is 17.8 Å². The van der Waals surface area contributed by atoms with Crippen LogP contribution in [0.1, 0.15) is 36.7 Å². The first kappa shape index (κ1) is 16.7. The molecule has 0 aliphatic heterocycles. The number of rotatable bonds is 5. The molecule has 0 amide bonds. The van der Waals surface area contributed by atoms with E-state index in [4.69, 9.17) is 9.47 Å². The summed E-state index contributed by atoms with van der Waals surface area (Å²) < 4.78 is 11.9. The zero-order chi connectivity index (χ0) is 17.0. The van der Waals surface area contributed by atoms with E-state index in [1.807, 2.05) is 20.8 Å². The van der Waals surface area contributed by atoms with Crippen LogP contribution >= 0.6 is 0 Å². The van der Waals surface area contributed by atoms with Crippen LogP contribution in [0.2, 0.25) is 0 Å². The van der Waals surface area contributed by atoms with Crippen molar-refractivity contribution in [3.63, 3.8) is 0 Å². The highest BCUT2D eigenvalue weighted by Crippen LogP contribution is 2.16. The van der Waals surface area contributed by atoms with Crippen LogP contribution in [0.4, 0.5) is 0 Å². The second-order valence-corrected chi connectivity index (χ2v) is 6.07. The lowest BCUT2D eigenvalue weighted by atomic mass is 10.1. The number of pyridine rings is 1. The quantitative estimate of drug-likeness (QED) is 0.626. The summed E-state index contributed by atoms with van der Waals surface area (Å²) in [6.07, 6.45) is 4.76. The minimum absolute atomic E-state index is 0.125. The molecule has 2 aromatic rings. The topological polar surface area (TPSA) is 69.9 Å². The van der Waals surface area contributed by atoms with Gasteiger partial charge in [0.2, 0.25) is 0 Å². The number of hydrogen-bond acceptors (Lipinski definition) is 5. The summed E-state index contributed by atoms with van der Waals surface area (Å²) in [6, 6.07) is 3.50. The molecule has 23 heavy (non-hydrogen) atoms. The van der Waals surface area contributed by atoms with E-state index in [1.54, 1.807) is 22.8 Å². The van der Waals surface area contributed by atoms with Crippen LogP contribution in [-0.4, -0.2) is 33.8 Å². The fourth-order valence-corrected chi connectivity index (χ4v) is 2.05. The molecule has 122 valence electrons. The van der Waals surface area contributed by atoms with Crippen molar-refractivity contribution in [3.05, 3.63) is 48.3 Å². The Bertz CT molecular complexity index is 741. The molecule has 6 nitrogen and oxygen atoms in total. The van der Waals surface area contributed by atoms with Gasteiger partial charge in [-0.15, -0.1) is 0 Å². The molecule has 2 rings (SSSR count). The van der Waals surface area contributed by atoms with Gasteiger partial charge in [0, 0.05) is 6.20 Å². The van der Waals surface area contributed by atoms with Crippen LogP contribution in [0, 0.1) is 0 Å². The molecule has 0 saturated heterocycles. The Labute approximate surface area is 134 Å². The average Bonchev–Trinajstić information content (AvgIpc) is 2.85. The Hall–Kier alpha value is -2.63. The van der Waals surface area contributed by atoms with E-state index in [2.05, 4.69) is 11.7 Å². The van der Waals surface area contributed by atoms with Crippen molar-refractivity contribution in [1.29, 1.82) is 0 Å². The number of carbonyl (C=O) groups is 2. The van der Waals surface area contributed by atoms with Gasteiger partial charge in [-0.05, 0) is 38.5 Å². The van der Waals surface area contributed by atoms with E-state index in [1.165, 1.54) is 12.3 Å². The molecule has 0 bridgehead atoms. The summed E-state index contributed by atoms with van der Waals surface area (Å²) in [6.45, 7) is 9.09. The van der Waals surface area contributed by atoms with Crippen molar-refractivity contribution < 1.29 is 19.1 Å². The molecular weight excluding hydrogens is 296 g/mol. The van der Waals surface area contributed by atoms with Gasteiger partial charge < -0.3 is 9.47 Å². The van der Waals surface area contributed by atoms with E-state index in [0.29, 0.717) is 11.1 Å².